The lowest BCUT2D eigenvalue weighted by Gasteiger charge is -2.47. The van der Waals surface area contributed by atoms with Crippen molar-refractivity contribution in [3.63, 3.8) is 0 Å². The number of hydrogen-bond acceptors (Lipinski definition) is 2. The quantitative estimate of drug-likeness (QED) is 0.819. The highest BCUT2D eigenvalue weighted by molar-refractivity contribution is 9.11. The molecule has 4 nitrogen and oxygen atoms in total. The van der Waals surface area contributed by atoms with Crippen LogP contribution in [0.2, 0.25) is 0 Å². The van der Waals surface area contributed by atoms with E-state index in [0.29, 0.717) is 4.48 Å². The summed E-state index contributed by atoms with van der Waals surface area (Å²) in [4.78, 5) is 16.3. The minimum absolute atomic E-state index is 0.0758. The number of allylic oxidation sites excluding steroid dienone is 2. The molecule has 0 spiro atoms. The average Bonchev–Trinajstić information content (AvgIpc) is 2.46. The van der Waals surface area contributed by atoms with Crippen LogP contribution in [0.25, 0.3) is 0 Å². The fourth-order valence-corrected chi connectivity index (χ4v) is 2.77. The summed E-state index contributed by atoms with van der Waals surface area (Å²) in [5.74, 6) is -0.0758. The molecule has 1 N–H and O–H groups in total. The third-order valence-corrected chi connectivity index (χ3v) is 3.83. The van der Waals surface area contributed by atoms with E-state index >= 15 is 0 Å². The maximum atomic E-state index is 14.0. The number of halogens is 4. The van der Waals surface area contributed by atoms with Gasteiger partial charge in [-0.05, 0) is 28.1 Å². The van der Waals surface area contributed by atoms with E-state index < -0.39 is 17.9 Å². The van der Waals surface area contributed by atoms with Crippen LogP contribution in [0.4, 0.5) is 18.0 Å². The summed E-state index contributed by atoms with van der Waals surface area (Å²) in [5.41, 5.74) is -2.80. The number of benzene rings is 1. The molecule has 2 aliphatic rings. The molecule has 114 valence electrons. The van der Waals surface area contributed by atoms with Crippen molar-refractivity contribution in [2.45, 2.75) is 11.8 Å². The van der Waals surface area contributed by atoms with Crippen LogP contribution < -0.4 is 5.32 Å². The highest BCUT2D eigenvalue weighted by Crippen LogP contribution is 2.45. The molecule has 2 amide bonds. The maximum absolute atomic E-state index is 14.0. The number of amidine groups is 1. The predicted molar refractivity (Wildman–Crippen MR) is 78.1 cm³/mol. The Morgan fingerprint density at radius 3 is 2.50 bits per heavy atom. The van der Waals surface area contributed by atoms with Gasteiger partial charge in [0.2, 0.25) is 5.66 Å². The smallest absolute Gasteiger partial charge is 0.301 e. The van der Waals surface area contributed by atoms with Crippen molar-refractivity contribution >= 4 is 27.8 Å². The Kier molecular flexibility index (Phi) is 3.36. The molecular weight excluding hydrogens is 363 g/mol. The van der Waals surface area contributed by atoms with Crippen LogP contribution in [-0.2, 0) is 5.66 Å². The standard InChI is InChI=1S/C14H9BrF3N3O/c15-10-6-7-11-19-12(22)20-13(14(16,17)18,21(11)8-10)9-4-2-1-3-5-9/h1-8H,(H,20,22)/t13-/m1/s1. The molecule has 0 fully saturated rings. The zero-order valence-electron chi connectivity index (χ0n) is 10.9. The number of carbonyl (C=O) groups excluding carboxylic acids is 1. The van der Waals surface area contributed by atoms with E-state index in [4.69, 9.17) is 0 Å². The van der Waals surface area contributed by atoms with Crippen LogP contribution in [0.1, 0.15) is 5.56 Å². The number of fused-ring (bicyclic) bond motifs is 1. The highest BCUT2D eigenvalue weighted by atomic mass is 79.9. The van der Waals surface area contributed by atoms with E-state index in [2.05, 4.69) is 20.9 Å². The van der Waals surface area contributed by atoms with Crippen molar-refractivity contribution in [2.24, 2.45) is 4.99 Å². The summed E-state index contributed by atoms with van der Waals surface area (Å²) in [7, 11) is 0. The van der Waals surface area contributed by atoms with E-state index in [1.807, 2.05) is 5.32 Å². The number of amides is 2. The number of carbonyl (C=O) groups is 1. The normalized spacial score (nSPS) is 24.4. The lowest BCUT2D eigenvalue weighted by molar-refractivity contribution is -0.227. The Hall–Kier alpha value is -2.09. The van der Waals surface area contributed by atoms with Gasteiger partial charge in [-0.3, -0.25) is 4.90 Å². The maximum Gasteiger partial charge on any atom is 0.435 e. The fourth-order valence-electron chi connectivity index (χ4n) is 2.44. The lowest BCUT2D eigenvalue weighted by atomic mass is 9.95. The fraction of sp³-hybridized carbons (Fsp3) is 0.143. The second-order valence-electron chi connectivity index (χ2n) is 4.69. The van der Waals surface area contributed by atoms with E-state index in [1.54, 1.807) is 6.07 Å². The largest absolute Gasteiger partial charge is 0.435 e. The first-order valence-corrected chi connectivity index (χ1v) is 7.02. The first-order chi connectivity index (χ1) is 10.3. The molecule has 0 unspecified atom stereocenters. The SMILES string of the molecule is O=C1N=C2C=CC(Br)=CN2[C@](c2ccccc2)(C(F)(F)F)N1. The Morgan fingerprint density at radius 1 is 1.18 bits per heavy atom. The van der Waals surface area contributed by atoms with Gasteiger partial charge in [0.25, 0.3) is 0 Å². The molecule has 2 heterocycles. The zero-order valence-corrected chi connectivity index (χ0v) is 12.5. The molecular formula is C14H9BrF3N3O. The number of hydrogen-bond donors (Lipinski definition) is 1. The number of nitrogens with zero attached hydrogens (tertiary/aromatic N) is 2. The van der Waals surface area contributed by atoms with Crippen LogP contribution in [0.15, 0.2) is 58.2 Å². The van der Waals surface area contributed by atoms with Crippen molar-refractivity contribution in [1.29, 1.82) is 0 Å². The summed E-state index contributed by atoms with van der Waals surface area (Å²) in [6, 6.07) is 6.17. The monoisotopic (exact) mass is 371 g/mol. The van der Waals surface area contributed by atoms with Gasteiger partial charge in [-0.15, -0.1) is 0 Å². The van der Waals surface area contributed by atoms with Gasteiger partial charge in [-0.1, -0.05) is 30.3 Å². The van der Waals surface area contributed by atoms with E-state index in [-0.39, 0.29) is 11.4 Å². The molecule has 0 aromatic heterocycles. The third-order valence-electron chi connectivity index (χ3n) is 3.36. The molecule has 8 heteroatoms. The number of nitrogens with one attached hydrogen (secondary N) is 1. The summed E-state index contributed by atoms with van der Waals surface area (Å²) in [5, 5.41) is 1.98. The minimum Gasteiger partial charge on any atom is -0.301 e. The number of urea groups is 1. The second-order valence-corrected chi connectivity index (χ2v) is 5.61. The second kappa shape index (κ2) is 4.98. The van der Waals surface area contributed by atoms with Crippen LogP contribution in [0.5, 0.6) is 0 Å². The van der Waals surface area contributed by atoms with Crippen LogP contribution in [0.3, 0.4) is 0 Å². The van der Waals surface area contributed by atoms with Crippen molar-refractivity contribution < 1.29 is 18.0 Å². The van der Waals surface area contributed by atoms with Gasteiger partial charge >= 0.3 is 12.2 Å². The van der Waals surface area contributed by atoms with Gasteiger partial charge in [0.1, 0.15) is 5.84 Å². The highest BCUT2D eigenvalue weighted by Gasteiger charge is 2.63. The Balaban J connectivity index is 2.28. The molecule has 0 aliphatic carbocycles. The third kappa shape index (κ3) is 2.14. The molecule has 0 radical (unpaired) electrons. The van der Waals surface area contributed by atoms with Gasteiger partial charge in [-0.25, -0.2) is 4.79 Å². The molecule has 1 aromatic carbocycles. The molecule has 1 atom stereocenters. The molecule has 0 bridgehead atoms. The first-order valence-electron chi connectivity index (χ1n) is 6.22. The topological polar surface area (TPSA) is 44.7 Å². The average molecular weight is 372 g/mol. The van der Waals surface area contributed by atoms with Crippen LogP contribution in [-0.4, -0.2) is 22.9 Å². The number of rotatable bonds is 1. The molecule has 2 aliphatic heterocycles. The van der Waals surface area contributed by atoms with Gasteiger partial charge < -0.3 is 5.32 Å². The van der Waals surface area contributed by atoms with E-state index in [9.17, 15) is 18.0 Å². The van der Waals surface area contributed by atoms with E-state index in [1.165, 1.54) is 42.6 Å². The molecule has 3 rings (SSSR count). The molecule has 0 saturated heterocycles. The Labute approximate surface area is 132 Å². The molecule has 22 heavy (non-hydrogen) atoms. The molecule has 0 saturated carbocycles. The Bertz CT molecular complexity index is 712. The van der Waals surface area contributed by atoms with Crippen LogP contribution >= 0.6 is 15.9 Å². The number of aliphatic imine (C=N–C) groups is 1. The summed E-state index contributed by atoms with van der Waals surface area (Å²) in [6.45, 7) is 0. The lowest BCUT2D eigenvalue weighted by Crippen LogP contribution is -2.68. The van der Waals surface area contributed by atoms with Gasteiger partial charge in [0.05, 0.1) is 0 Å². The summed E-state index contributed by atoms with van der Waals surface area (Å²) >= 11 is 3.15. The van der Waals surface area contributed by atoms with Gasteiger partial charge in [-0.2, -0.15) is 18.2 Å². The van der Waals surface area contributed by atoms with Crippen LogP contribution in [0, 0.1) is 0 Å². The summed E-state index contributed by atoms with van der Waals surface area (Å²) < 4.78 is 42.4. The van der Waals surface area contributed by atoms with Crippen molar-refractivity contribution in [2.75, 3.05) is 0 Å². The first kappa shape index (κ1) is 14.8. The summed E-state index contributed by atoms with van der Waals surface area (Å²) in [6.07, 6.45) is -0.634. The Morgan fingerprint density at radius 2 is 1.86 bits per heavy atom. The van der Waals surface area contributed by atoms with Gasteiger partial charge in [0, 0.05) is 16.2 Å². The molecule has 1 aromatic rings. The van der Waals surface area contributed by atoms with Crippen molar-refractivity contribution in [3.05, 3.63) is 58.7 Å². The predicted octanol–water partition coefficient (Wildman–Crippen LogP) is 3.63. The van der Waals surface area contributed by atoms with Gasteiger partial charge in [0.15, 0.2) is 0 Å². The zero-order chi connectivity index (χ0) is 16.0. The van der Waals surface area contributed by atoms with Crippen molar-refractivity contribution in [3.8, 4) is 0 Å². The number of alkyl halides is 3. The van der Waals surface area contributed by atoms with E-state index in [0.717, 1.165) is 4.90 Å². The van der Waals surface area contributed by atoms with Crippen molar-refractivity contribution in [1.82, 2.24) is 10.2 Å². The minimum atomic E-state index is -4.76.